The molecule has 0 radical (unpaired) electrons. The largest absolute Gasteiger partial charge is 0.243 e. The second kappa shape index (κ2) is 7.94. The van der Waals surface area contributed by atoms with Gasteiger partial charge in [-0.3, -0.25) is 0 Å². The van der Waals surface area contributed by atoms with E-state index in [0.717, 1.165) is 11.1 Å². The number of hydrogen-bond donors (Lipinski definition) is 0. The van der Waals surface area contributed by atoms with E-state index in [4.69, 9.17) is 9.97 Å². The van der Waals surface area contributed by atoms with Gasteiger partial charge in [-0.05, 0) is 11.8 Å². The van der Waals surface area contributed by atoms with Crippen LogP contribution in [-0.2, 0) is 0 Å². The zero-order valence-corrected chi connectivity index (χ0v) is 17.6. The van der Waals surface area contributed by atoms with Crippen LogP contribution in [-0.4, -0.2) is 9.97 Å². The van der Waals surface area contributed by atoms with Gasteiger partial charge in [-0.1, -0.05) is 88.4 Å². The van der Waals surface area contributed by atoms with Crippen LogP contribution in [0.15, 0.2) is 60.7 Å². The Balaban J connectivity index is 2.20. The summed E-state index contributed by atoms with van der Waals surface area (Å²) in [7, 11) is 0. The first-order chi connectivity index (χ1) is 14.4. The quantitative estimate of drug-likeness (QED) is 0.353. The molecule has 1 heterocycles. The van der Waals surface area contributed by atoms with Gasteiger partial charge in [0.1, 0.15) is 0 Å². The van der Waals surface area contributed by atoms with Gasteiger partial charge < -0.3 is 0 Å². The fraction of sp³-hybridized carbons (Fsp3) is 0.231. The zero-order chi connectivity index (χ0) is 21.4. The van der Waals surface area contributed by atoms with E-state index in [9.17, 15) is 0 Å². The van der Waals surface area contributed by atoms with Gasteiger partial charge in [-0.15, -0.1) is 0 Å². The fourth-order valence-corrected chi connectivity index (χ4v) is 3.90. The van der Waals surface area contributed by atoms with Gasteiger partial charge >= 0.3 is 0 Å². The lowest BCUT2D eigenvalue weighted by atomic mass is 9.92. The van der Waals surface area contributed by atoms with Crippen LogP contribution in [0.4, 0.5) is 8.78 Å². The van der Waals surface area contributed by atoms with E-state index in [1.165, 1.54) is 0 Å². The number of hydrogen-bond acceptors (Lipinski definition) is 2. The predicted octanol–water partition coefficient (Wildman–Crippen LogP) is 7.49. The molecule has 0 amide bonds. The third-order valence-corrected chi connectivity index (χ3v) is 5.32. The molecule has 4 aromatic rings. The number of rotatable bonds is 4. The third kappa shape index (κ3) is 3.36. The highest BCUT2D eigenvalue weighted by Gasteiger charge is 2.27. The molecule has 0 fully saturated rings. The van der Waals surface area contributed by atoms with Gasteiger partial charge in [-0.2, -0.15) is 0 Å². The maximum Gasteiger partial charge on any atom is 0.164 e. The van der Waals surface area contributed by atoms with Crippen LogP contribution in [0.25, 0.3) is 33.5 Å². The van der Waals surface area contributed by atoms with Crippen LogP contribution < -0.4 is 0 Å². The highest BCUT2D eigenvalue weighted by molar-refractivity contribution is 5.90. The number of nitrogens with zero attached hydrogens (tertiary/aromatic N) is 2. The Morgan fingerprint density at radius 3 is 1.20 bits per heavy atom. The van der Waals surface area contributed by atoms with Gasteiger partial charge in [0.05, 0.1) is 22.4 Å². The molecule has 0 atom stereocenters. The molecule has 0 unspecified atom stereocenters. The molecular formula is C26H24F2N2. The lowest BCUT2D eigenvalue weighted by molar-refractivity contribution is 0.484. The number of fused-ring (bicyclic) bond motifs is 1. The topological polar surface area (TPSA) is 25.8 Å². The monoisotopic (exact) mass is 402 g/mol. The Kier molecular flexibility index (Phi) is 5.33. The molecule has 1 aromatic heterocycles. The maximum atomic E-state index is 15.1. The Morgan fingerprint density at radius 1 is 0.567 bits per heavy atom. The van der Waals surface area contributed by atoms with Crippen LogP contribution in [0.5, 0.6) is 0 Å². The minimum absolute atomic E-state index is 0.233. The molecule has 30 heavy (non-hydrogen) atoms. The Bertz CT molecular complexity index is 1100. The van der Waals surface area contributed by atoms with Gasteiger partial charge in [0, 0.05) is 22.3 Å². The molecule has 0 N–H and O–H groups in total. The predicted molar refractivity (Wildman–Crippen MR) is 119 cm³/mol. The first-order valence-corrected chi connectivity index (χ1v) is 10.2. The Morgan fingerprint density at radius 2 is 0.900 bits per heavy atom. The summed E-state index contributed by atoms with van der Waals surface area (Å²) in [5.74, 6) is -2.10. The molecule has 4 heteroatoms. The summed E-state index contributed by atoms with van der Waals surface area (Å²) in [4.78, 5) is 9.84. The summed E-state index contributed by atoms with van der Waals surface area (Å²) in [6, 6.07) is 19.4. The minimum atomic E-state index is -0.818. The van der Waals surface area contributed by atoms with Crippen LogP contribution >= 0.6 is 0 Å². The summed E-state index contributed by atoms with van der Waals surface area (Å²) >= 11 is 0. The summed E-state index contributed by atoms with van der Waals surface area (Å²) < 4.78 is 30.2. The molecule has 0 bridgehead atoms. The average molecular weight is 402 g/mol. The van der Waals surface area contributed by atoms with E-state index in [1.807, 2.05) is 88.4 Å². The van der Waals surface area contributed by atoms with E-state index in [2.05, 4.69) is 0 Å². The van der Waals surface area contributed by atoms with Crippen molar-refractivity contribution in [2.45, 2.75) is 39.5 Å². The van der Waals surface area contributed by atoms with E-state index in [1.54, 1.807) is 0 Å². The molecule has 3 aromatic carbocycles. The normalized spacial score (nSPS) is 11.6. The van der Waals surface area contributed by atoms with Crippen molar-refractivity contribution in [3.05, 3.63) is 83.4 Å². The second-order valence-electron chi connectivity index (χ2n) is 8.11. The van der Waals surface area contributed by atoms with Gasteiger partial charge in [0.15, 0.2) is 11.6 Å². The van der Waals surface area contributed by atoms with Crippen molar-refractivity contribution in [1.29, 1.82) is 0 Å². The summed E-state index contributed by atoms with van der Waals surface area (Å²) in [6.07, 6.45) is 0. The van der Waals surface area contributed by atoms with E-state index >= 15 is 8.78 Å². The fourth-order valence-electron chi connectivity index (χ4n) is 3.90. The molecular weight excluding hydrogens is 378 g/mol. The molecule has 0 spiro atoms. The first-order valence-electron chi connectivity index (χ1n) is 10.2. The number of halogens is 2. The van der Waals surface area contributed by atoms with Gasteiger partial charge in [-0.25, -0.2) is 18.7 Å². The van der Waals surface area contributed by atoms with Crippen molar-refractivity contribution >= 4 is 11.0 Å². The number of benzene rings is 3. The van der Waals surface area contributed by atoms with E-state index < -0.39 is 11.6 Å². The average Bonchev–Trinajstić information content (AvgIpc) is 2.74. The number of aromatic nitrogens is 2. The summed E-state index contributed by atoms with van der Waals surface area (Å²) in [5, 5.41) is 0. The Labute approximate surface area is 175 Å². The molecule has 4 rings (SSSR count). The first kappa shape index (κ1) is 20.1. The molecule has 152 valence electrons. The van der Waals surface area contributed by atoms with Crippen LogP contribution in [0, 0.1) is 11.6 Å². The lowest BCUT2D eigenvalue weighted by Crippen LogP contribution is -2.09. The van der Waals surface area contributed by atoms with Crippen LogP contribution in [0.1, 0.15) is 50.7 Å². The third-order valence-electron chi connectivity index (χ3n) is 5.32. The Hall–Kier alpha value is -3.14. The van der Waals surface area contributed by atoms with Crippen molar-refractivity contribution < 1.29 is 8.78 Å². The lowest BCUT2D eigenvalue weighted by Gasteiger charge is -2.19. The zero-order valence-electron chi connectivity index (χ0n) is 17.6. The van der Waals surface area contributed by atoms with E-state index in [0.29, 0.717) is 22.4 Å². The van der Waals surface area contributed by atoms with Crippen molar-refractivity contribution in [2.24, 2.45) is 0 Å². The molecule has 0 aliphatic heterocycles. The minimum Gasteiger partial charge on any atom is -0.243 e. The maximum absolute atomic E-state index is 15.1. The molecule has 0 aliphatic rings. The molecule has 0 saturated heterocycles. The van der Waals surface area contributed by atoms with Gasteiger partial charge in [0.25, 0.3) is 0 Å². The van der Waals surface area contributed by atoms with Crippen molar-refractivity contribution in [3.8, 4) is 22.5 Å². The highest BCUT2D eigenvalue weighted by atomic mass is 19.2. The van der Waals surface area contributed by atoms with Crippen molar-refractivity contribution in [3.63, 3.8) is 0 Å². The van der Waals surface area contributed by atoms with Crippen molar-refractivity contribution in [2.75, 3.05) is 0 Å². The smallest absolute Gasteiger partial charge is 0.164 e. The van der Waals surface area contributed by atoms with Crippen LogP contribution in [0.2, 0.25) is 0 Å². The van der Waals surface area contributed by atoms with Gasteiger partial charge in [0.2, 0.25) is 0 Å². The molecule has 0 aliphatic carbocycles. The standard InChI is InChI=1S/C26H24F2N2/c1-15(2)19-21(27)22(28)20(16(3)4)26-25(19)29-23(17-11-7-5-8-12-17)24(30-26)18-13-9-6-10-14-18/h5-16H,1-4H3. The molecule has 0 saturated carbocycles. The highest BCUT2D eigenvalue weighted by Crippen LogP contribution is 2.38. The van der Waals surface area contributed by atoms with Crippen LogP contribution in [0.3, 0.4) is 0 Å². The molecule has 2 nitrogen and oxygen atoms in total. The SMILES string of the molecule is CC(C)c1c(F)c(F)c(C(C)C)c2nc(-c3ccccc3)c(-c3ccccc3)nc12. The second-order valence-corrected chi connectivity index (χ2v) is 8.11. The summed E-state index contributed by atoms with van der Waals surface area (Å²) in [5.41, 5.74) is 4.52. The van der Waals surface area contributed by atoms with E-state index in [-0.39, 0.29) is 23.0 Å². The summed E-state index contributed by atoms with van der Waals surface area (Å²) in [6.45, 7) is 7.39. The van der Waals surface area contributed by atoms with Crippen molar-refractivity contribution in [1.82, 2.24) is 9.97 Å².